The number of hydrogen-bond donors (Lipinski definition) is 1. The van der Waals surface area contributed by atoms with Gasteiger partial charge in [0.1, 0.15) is 18.1 Å². The Morgan fingerprint density at radius 1 is 1.03 bits per heavy atom. The maximum Gasteiger partial charge on any atom is 0.227 e. The lowest BCUT2D eigenvalue weighted by molar-refractivity contribution is -0.126. The molecule has 1 fully saturated rings. The minimum absolute atomic E-state index is 0.0654. The number of ether oxygens (including phenoxy) is 2. The third-order valence-electron chi connectivity index (χ3n) is 5.62. The van der Waals surface area contributed by atoms with Gasteiger partial charge in [-0.05, 0) is 48.0 Å². The molecule has 4 rings (SSSR count). The third kappa shape index (κ3) is 5.65. The lowest BCUT2D eigenvalue weighted by atomic mass is 10.1. The Morgan fingerprint density at radius 3 is 2.42 bits per heavy atom. The van der Waals surface area contributed by atoms with Crippen LogP contribution < -0.4 is 19.7 Å². The molecule has 6 nitrogen and oxygen atoms in total. The number of carbonyl (C=O) groups excluding carboxylic acids is 2. The molecule has 7 heteroatoms. The molecule has 1 atom stereocenters. The maximum absolute atomic E-state index is 12.6. The Balaban J connectivity index is 1.30. The molecular formula is C26H25ClN2O4. The fourth-order valence-electron chi connectivity index (χ4n) is 3.71. The van der Waals surface area contributed by atoms with E-state index in [2.05, 4.69) is 5.32 Å². The summed E-state index contributed by atoms with van der Waals surface area (Å²) in [6, 6.07) is 22.3. The minimum atomic E-state index is -0.383. The van der Waals surface area contributed by atoms with Crippen LogP contribution in [0.1, 0.15) is 17.5 Å². The number of halogens is 1. The van der Waals surface area contributed by atoms with Crippen LogP contribution >= 0.6 is 11.6 Å². The average Bonchev–Trinajstić information content (AvgIpc) is 3.24. The van der Waals surface area contributed by atoms with Crippen LogP contribution in [0.25, 0.3) is 0 Å². The van der Waals surface area contributed by atoms with Crippen molar-refractivity contribution < 1.29 is 19.1 Å². The molecule has 0 bridgehead atoms. The second-order valence-corrected chi connectivity index (χ2v) is 8.25. The Hall–Kier alpha value is -3.51. The Labute approximate surface area is 198 Å². The van der Waals surface area contributed by atoms with E-state index in [9.17, 15) is 9.59 Å². The quantitative estimate of drug-likeness (QED) is 0.529. The summed E-state index contributed by atoms with van der Waals surface area (Å²) < 4.78 is 10.9. The summed E-state index contributed by atoms with van der Waals surface area (Å²) in [4.78, 5) is 26.8. The van der Waals surface area contributed by atoms with E-state index in [0.29, 0.717) is 30.5 Å². The zero-order chi connectivity index (χ0) is 23.2. The largest absolute Gasteiger partial charge is 0.497 e. The molecular weight excluding hydrogens is 440 g/mol. The summed E-state index contributed by atoms with van der Waals surface area (Å²) >= 11 is 6.16. The van der Waals surface area contributed by atoms with Gasteiger partial charge >= 0.3 is 0 Å². The number of benzene rings is 3. The van der Waals surface area contributed by atoms with E-state index in [4.69, 9.17) is 21.1 Å². The van der Waals surface area contributed by atoms with Crippen molar-refractivity contribution in [2.75, 3.05) is 18.6 Å². The van der Waals surface area contributed by atoms with Gasteiger partial charge in [-0.2, -0.15) is 0 Å². The zero-order valence-corrected chi connectivity index (χ0v) is 19.0. The molecule has 0 saturated carbocycles. The highest BCUT2D eigenvalue weighted by atomic mass is 35.5. The van der Waals surface area contributed by atoms with Crippen LogP contribution in [0.15, 0.2) is 72.8 Å². The van der Waals surface area contributed by atoms with Gasteiger partial charge in [0, 0.05) is 35.8 Å². The van der Waals surface area contributed by atoms with Crippen LogP contribution in [-0.4, -0.2) is 25.5 Å². The van der Waals surface area contributed by atoms with Crippen LogP contribution in [-0.2, 0) is 22.7 Å². The summed E-state index contributed by atoms with van der Waals surface area (Å²) in [5, 5.41) is 3.59. The van der Waals surface area contributed by atoms with E-state index < -0.39 is 0 Å². The van der Waals surface area contributed by atoms with Crippen LogP contribution in [0.2, 0.25) is 5.02 Å². The normalized spacial score (nSPS) is 15.4. The Morgan fingerprint density at radius 2 is 1.73 bits per heavy atom. The van der Waals surface area contributed by atoms with Gasteiger partial charge < -0.3 is 19.7 Å². The molecule has 0 unspecified atom stereocenters. The van der Waals surface area contributed by atoms with Gasteiger partial charge in [0.15, 0.2) is 0 Å². The van der Waals surface area contributed by atoms with Crippen molar-refractivity contribution in [2.45, 2.75) is 19.6 Å². The minimum Gasteiger partial charge on any atom is -0.497 e. The molecule has 170 valence electrons. The number of anilines is 1. The highest BCUT2D eigenvalue weighted by Crippen LogP contribution is 2.28. The SMILES string of the molecule is COc1ccc(CNC(=O)[C@H]2CC(=O)N(c3ccc(OCc4ccccc4Cl)cc3)C2)cc1. The van der Waals surface area contributed by atoms with E-state index in [1.165, 1.54) is 0 Å². The van der Waals surface area contributed by atoms with Crippen LogP contribution in [0.3, 0.4) is 0 Å². The molecule has 0 spiro atoms. The van der Waals surface area contributed by atoms with Gasteiger partial charge in [-0.3, -0.25) is 9.59 Å². The van der Waals surface area contributed by atoms with Gasteiger partial charge in [0.05, 0.1) is 13.0 Å². The standard InChI is InChI=1S/C26H25ClN2O4/c1-32-22-10-6-18(7-11-22)15-28-26(31)20-14-25(30)29(16-20)21-8-12-23(13-9-21)33-17-19-4-2-3-5-24(19)27/h2-13,20H,14-17H2,1H3,(H,28,31)/t20-/m0/s1. The van der Waals surface area contributed by atoms with E-state index in [1.54, 1.807) is 12.0 Å². The summed E-state index contributed by atoms with van der Waals surface area (Å²) in [5.74, 6) is 0.874. The number of rotatable bonds is 8. The first kappa shape index (κ1) is 22.7. The van der Waals surface area contributed by atoms with Crippen molar-refractivity contribution in [3.8, 4) is 11.5 Å². The lowest BCUT2D eigenvalue weighted by Crippen LogP contribution is -2.32. The number of amides is 2. The van der Waals surface area contributed by atoms with Crippen molar-refractivity contribution in [3.05, 3.63) is 88.9 Å². The number of carbonyl (C=O) groups is 2. The van der Waals surface area contributed by atoms with Crippen LogP contribution in [0.4, 0.5) is 5.69 Å². The smallest absolute Gasteiger partial charge is 0.227 e. The molecule has 1 heterocycles. The molecule has 1 aliphatic rings. The fraction of sp³-hybridized carbons (Fsp3) is 0.231. The van der Waals surface area contributed by atoms with E-state index in [1.807, 2.05) is 72.8 Å². The first-order valence-corrected chi connectivity index (χ1v) is 11.1. The van der Waals surface area contributed by atoms with Gasteiger partial charge in [-0.1, -0.05) is 41.9 Å². The number of methoxy groups -OCH3 is 1. The number of nitrogens with one attached hydrogen (secondary N) is 1. The van der Waals surface area contributed by atoms with Crippen molar-refractivity contribution in [1.82, 2.24) is 5.32 Å². The summed E-state index contributed by atoms with van der Waals surface area (Å²) in [7, 11) is 1.61. The molecule has 33 heavy (non-hydrogen) atoms. The molecule has 1 saturated heterocycles. The predicted octanol–water partition coefficient (Wildman–Crippen LogP) is 4.60. The summed E-state index contributed by atoms with van der Waals surface area (Å²) in [5.41, 5.74) is 2.62. The first-order chi connectivity index (χ1) is 16.0. The summed E-state index contributed by atoms with van der Waals surface area (Å²) in [6.45, 7) is 1.12. The monoisotopic (exact) mass is 464 g/mol. The van der Waals surface area contributed by atoms with Crippen molar-refractivity contribution in [1.29, 1.82) is 0 Å². The van der Waals surface area contributed by atoms with Crippen molar-refractivity contribution >= 4 is 29.1 Å². The van der Waals surface area contributed by atoms with Gasteiger partial charge in [0.25, 0.3) is 0 Å². The van der Waals surface area contributed by atoms with E-state index >= 15 is 0 Å². The number of hydrogen-bond acceptors (Lipinski definition) is 4. The van der Waals surface area contributed by atoms with Gasteiger partial charge in [-0.25, -0.2) is 0 Å². The molecule has 0 aliphatic carbocycles. The lowest BCUT2D eigenvalue weighted by Gasteiger charge is -2.17. The number of nitrogens with zero attached hydrogens (tertiary/aromatic N) is 1. The topological polar surface area (TPSA) is 67.9 Å². The van der Waals surface area contributed by atoms with Crippen molar-refractivity contribution in [2.24, 2.45) is 5.92 Å². The second kappa shape index (κ2) is 10.4. The molecule has 1 aliphatic heterocycles. The average molecular weight is 465 g/mol. The first-order valence-electron chi connectivity index (χ1n) is 10.7. The molecule has 0 radical (unpaired) electrons. The molecule has 3 aromatic rings. The van der Waals surface area contributed by atoms with Gasteiger partial charge in [0.2, 0.25) is 11.8 Å². The second-order valence-electron chi connectivity index (χ2n) is 7.85. The van der Waals surface area contributed by atoms with E-state index in [0.717, 1.165) is 22.6 Å². The zero-order valence-electron chi connectivity index (χ0n) is 18.3. The van der Waals surface area contributed by atoms with Crippen LogP contribution in [0.5, 0.6) is 11.5 Å². The molecule has 1 N–H and O–H groups in total. The maximum atomic E-state index is 12.6. The fourth-order valence-corrected chi connectivity index (χ4v) is 3.90. The highest BCUT2D eigenvalue weighted by molar-refractivity contribution is 6.31. The molecule has 3 aromatic carbocycles. The Bertz CT molecular complexity index is 1120. The van der Waals surface area contributed by atoms with Crippen molar-refractivity contribution in [3.63, 3.8) is 0 Å². The van der Waals surface area contributed by atoms with Crippen LogP contribution in [0, 0.1) is 5.92 Å². The molecule has 0 aromatic heterocycles. The Kier molecular flexibility index (Phi) is 7.15. The predicted molar refractivity (Wildman–Crippen MR) is 128 cm³/mol. The molecule has 2 amide bonds. The van der Waals surface area contributed by atoms with E-state index in [-0.39, 0.29) is 24.2 Å². The van der Waals surface area contributed by atoms with Gasteiger partial charge in [-0.15, -0.1) is 0 Å². The highest BCUT2D eigenvalue weighted by Gasteiger charge is 2.35. The third-order valence-corrected chi connectivity index (χ3v) is 5.99. The summed E-state index contributed by atoms with van der Waals surface area (Å²) in [6.07, 6.45) is 0.194.